The van der Waals surface area contributed by atoms with Gasteiger partial charge in [0.15, 0.2) is 0 Å². The normalized spacial score (nSPS) is 13.5. The van der Waals surface area contributed by atoms with E-state index in [2.05, 4.69) is 181 Å². The summed E-state index contributed by atoms with van der Waals surface area (Å²) in [7, 11) is 0. The second kappa shape index (κ2) is 15.2. The molecular weight excluding hydrogens is 751 g/mol. The zero-order chi connectivity index (χ0) is 34.6. The molecule has 0 radical (unpaired) electrons. The maximum Gasteiger partial charge on any atom is -1.00 e. The van der Waals surface area contributed by atoms with Crippen LogP contribution in [0.4, 0.5) is 0 Å². The van der Waals surface area contributed by atoms with Gasteiger partial charge in [0.05, 0.1) is 0 Å². The summed E-state index contributed by atoms with van der Waals surface area (Å²) in [4.78, 5) is 0. The molecule has 0 amide bonds. The van der Waals surface area contributed by atoms with Crippen molar-refractivity contribution < 1.29 is 46.1 Å². The quantitative estimate of drug-likeness (QED) is 0.174. The number of fused-ring (bicyclic) bond motifs is 5. The Balaban J connectivity index is 0.00000232. The Morgan fingerprint density at radius 2 is 1.04 bits per heavy atom. The fourth-order valence-electron chi connectivity index (χ4n) is 8.36. The first-order valence-electron chi connectivity index (χ1n) is 18.4. The van der Waals surface area contributed by atoms with Crippen molar-refractivity contribution in [3.63, 3.8) is 0 Å². The van der Waals surface area contributed by atoms with Crippen molar-refractivity contribution in [3.8, 4) is 11.1 Å². The van der Waals surface area contributed by atoms with Crippen LogP contribution in [0.15, 0.2) is 143 Å². The number of benzene rings is 6. The van der Waals surface area contributed by atoms with Crippen molar-refractivity contribution in [3.05, 3.63) is 176 Å². The van der Waals surface area contributed by atoms with Crippen molar-refractivity contribution in [2.45, 2.75) is 75.3 Å². The molecule has 0 aromatic heterocycles. The Bertz CT molecular complexity index is 2220. The summed E-state index contributed by atoms with van der Waals surface area (Å²) in [6.07, 6.45) is 10.4. The summed E-state index contributed by atoms with van der Waals surface area (Å²) in [5.41, 5.74) is 12.0. The van der Waals surface area contributed by atoms with E-state index in [9.17, 15) is 0 Å². The van der Waals surface area contributed by atoms with Gasteiger partial charge in [-0.2, -0.15) is 0 Å². The third-order valence-corrected chi connectivity index (χ3v) is 19.4. The van der Waals surface area contributed by atoms with Crippen LogP contribution < -0.4 is 24.8 Å². The molecule has 6 aromatic carbocycles. The van der Waals surface area contributed by atoms with Crippen LogP contribution in [0.1, 0.15) is 85.0 Å². The first kappa shape index (κ1) is 38.4. The van der Waals surface area contributed by atoms with Crippen LogP contribution in [-0.4, -0.2) is 3.21 Å². The molecule has 0 saturated heterocycles. The van der Waals surface area contributed by atoms with Crippen LogP contribution in [-0.2, 0) is 44.9 Å². The van der Waals surface area contributed by atoms with Crippen LogP contribution in [0.25, 0.3) is 32.7 Å². The summed E-state index contributed by atoms with van der Waals surface area (Å²) in [5.74, 6) is 0. The molecule has 6 aromatic rings. The molecule has 262 valence electrons. The average molecular weight is 799 g/mol. The standard InChI is InChI=1S/C23H18.C21H25.C5H5.2ClH.Zr/c1-3-16-22-18(8-1)10-5-12-20(22)14-7-15-21-13-6-11-19-9-2-4-17-23(19)21;1-20(2,3)16-9-7-14-11-15-8-10-17(21(4,5)6)13-19(15)18(14)12-16;1-2-4-5-3-1;;;/h1-6,8-13,16-17H,14-15H2;7-13H,1-6H3;1-3H,4H2;2*1H;/q;;;;;+2/p-2. The molecule has 0 saturated carbocycles. The molecule has 0 heterocycles. The van der Waals surface area contributed by atoms with Crippen molar-refractivity contribution in [1.29, 1.82) is 0 Å². The molecule has 3 heteroatoms. The average Bonchev–Trinajstić information content (AvgIpc) is 3.75. The zero-order valence-corrected chi connectivity index (χ0v) is 35.2. The van der Waals surface area contributed by atoms with Gasteiger partial charge in [-0.25, -0.2) is 0 Å². The van der Waals surface area contributed by atoms with E-state index in [1.54, 1.807) is 17.6 Å². The van der Waals surface area contributed by atoms with Crippen molar-refractivity contribution in [1.82, 2.24) is 0 Å². The van der Waals surface area contributed by atoms with Crippen LogP contribution in [0, 0.1) is 0 Å². The molecule has 0 nitrogen and oxygen atoms in total. The SMILES string of the molecule is CC(C)(C)c1ccc2c(c1)-c1cc(C(C)(C)C)ccc1[CH]2[Zr+2]([C]1=CC=CC1)=[C](Cc1cccc2ccccc12)Cc1cccc2ccccc12.[Cl-].[Cl-]. The minimum absolute atomic E-state index is 0. The number of hydrogen-bond acceptors (Lipinski definition) is 0. The van der Waals surface area contributed by atoms with Gasteiger partial charge in [0.1, 0.15) is 0 Å². The second-order valence-corrected chi connectivity index (χ2v) is 23.3. The maximum atomic E-state index is 2.55. The maximum absolute atomic E-state index is 2.69. The van der Waals surface area contributed by atoms with Crippen LogP contribution in [0.3, 0.4) is 0 Å². The molecule has 2 aliphatic carbocycles. The van der Waals surface area contributed by atoms with Crippen LogP contribution >= 0.6 is 0 Å². The Morgan fingerprint density at radius 1 is 0.577 bits per heavy atom. The molecule has 52 heavy (non-hydrogen) atoms. The third kappa shape index (κ3) is 7.27. The van der Waals surface area contributed by atoms with Gasteiger partial charge in [-0.05, 0) is 0 Å². The molecule has 0 spiro atoms. The second-order valence-electron chi connectivity index (χ2n) is 16.5. The van der Waals surface area contributed by atoms with Gasteiger partial charge in [-0.3, -0.25) is 0 Å². The monoisotopic (exact) mass is 796 g/mol. The Kier molecular flexibility index (Phi) is 11.2. The largest absolute Gasteiger partial charge is 1.00 e. The van der Waals surface area contributed by atoms with Gasteiger partial charge in [-0.1, -0.05) is 0 Å². The Hall–Kier alpha value is -3.35. The van der Waals surface area contributed by atoms with E-state index < -0.39 is 21.3 Å². The van der Waals surface area contributed by atoms with Gasteiger partial charge in [0, 0.05) is 0 Å². The smallest absolute Gasteiger partial charge is 1.00 e. The fraction of sp³-hybridized carbons (Fsp3) is 0.245. The topological polar surface area (TPSA) is 0 Å². The van der Waals surface area contributed by atoms with Gasteiger partial charge in [0.2, 0.25) is 0 Å². The predicted octanol–water partition coefficient (Wildman–Crippen LogP) is 6.79. The summed E-state index contributed by atoms with van der Waals surface area (Å²) in [6, 6.07) is 46.9. The molecule has 8 rings (SSSR count). The number of hydrogen-bond donors (Lipinski definition) is 0. The Labute approximate surface area is 331 Å². The minimum Gasteiger partial charge on any atom is -1.00 e. The van der Waals surface area contributed by atoms with E-state index in [0.717, 1.165) is 19.3 Å². The van der Waals surface area contributed by atoms with E-state index in [4.69, 9.17) is 0 Å². The molecule has 2 aliphatic rings. The first-order chi connectivity index (χ1) is 24.1. The minimum atomic E-state index is -2.69. The van der Waals surface area contributed by atoms with E-state index >= 15 is 0 Å². The zero-order valence-electron chi connectivity index (χ0n) is 31.2. The van der Waals surface area contributed by atoms with Gasteiger partial charge in [-0.15, -0.1) is 0 Å². The predicted molar refractivity (Wildman–Crippen MR) is 213 cm³/mol. The summed E-state index contributed by atoms with van der Waals surface area (Å²) < 4.78 is 3.96. The molecule has 0 fully saturated rings. The number of rotatable bonds is 6. The number of halogens is 2. The van der Waals surface area contributed by atoms with Crippen molar-refractivity contribution in [2.24, 2.45) is 0 Å². The van der Waals surface area contributed by atoms with Crippen molar-refractivity contribution in [2.75, 3.05) is 0 Å². The van der Waals surface area contributed by atoms with Crippen LogP contribution in [0.5, 0.6) is 0 Å². The molecule has 0 bridgehead atoms. The molecule has 0 N–H and O–H groups in total. The fourth-order valence-corrected chi connectivity index (χ4v) is 17.5. The summed E-state index contributed by atoms with van der Waals surface area (Å²) >= 11 is -2.69. The van der Waals surface area contributed by atoms with E-state index in [1.165, 1.54) is 54.9 Å². The van der Waals surface area contributed by atoms with Gasteiger partial charge >= 0.3 is 309 Å². The van der Waals surface area contributed by atoms with Crippen molar-refractivity contribution >= 4 is 24.8 Å². The molecule has 0 atom stereocenters. The molecule has 0 aliphatic heterocycles. The Morgan fingerprint density at radius 3 is 1.48 bits per heavy atom. The van der Waals surface area contributed by atoms with E-state index in [-0.39, 0.29) is 35.6 Å². The summed E-state index contributed by atoms with van der Waals surface area (Å²) in [6.45, 7) is 14.1. The first-order valence-corrected chi connectivity index (χ1v) is 22.2. The van der Waals surface area contributed by atoms with Gasteiger partial charge in [0.25, 0.3) is 0 Å². The molecule has 0 unspecified atom stereocenters. The van der Waals surface area contributed by atoms with Crippen LogP contribution in [0.2, 0.25) is 0 Å². The van der Waals surface area contributed by atoms with E-state index in [1.807, 2.05) is 0 Å². The van der Waals surface area contributed by atoms with E-state index in [0.29, 0.717) is 3.63 Å². The third-order valence-electron chi connectivity index (χ3n) is 11.1. The summed E-state index contributed by atoms with van der Waals surface area (Å²) in [5, 5.41) is 5.46. The number of allylic oxidation sites excluding steroid dienone is 4. The van der Waals surface area contributed by atoms with Gasteiger partial charge < -0.3 is 24.8 Å². The molecular formula is C49H48Cl2Zr.